The van der Waals surface area contributed by atoms with Crippen molar-refractivity contribution in [1.29, 1.82) is 0 Å². The molecule has 9 N–H and O–H groups in total. The first-order chi connectivity index (χ1) is 23.9. The number of hydrogen-bond acceptors (Lipinski definition) is 11. The molecule has 0 bridgehead atoms. The van der Waals surface area contributed by atoms with E-state index >= 15 is 0 Å². The number of ether oxygens (including phenoxy) is 1. The SMILES string of the molecule is NCCCCNCCCNCC(O)COc1cc(O)c2c(=O)c3ccccc3oc2c1.O=C(O)C(F)(F)F.O=C(O)C(F)(F)F.O=C(O)C(F)(F)F. The van der Waals surface area contributed by atoms with Crippen LogP contribution < -0.4 is 26.5 Å². The van der Waals surface area contributed by atoms with Gasteiger partial charge in [-0.3, -0.25) is 4.79 Å². The number of para-hydroxylation sites is 1. The summed E-state index contributed by atoms with van der Waals surface area (Å²) in [5, 5.41) is 48.9. The number of carboxylic acid groups (broad SMARTS) is 3. The molecule has 0 saturated carbocycles. The maximum atomic E-state index is 12.6. The Kier molecular flexibility index (Phi) is 20.1. The Morgan fingerprint density at radius 3 is 1.75 bits per heavy atom. The van der Waals surface area contributed by atoms with Gasteiger partial charge in [-0.15, -0.1) is 0 Å². The maximum Gasteiger partial charge on any atom is 0.490 e. The van der Waals surface area contributed by atoms with Crippen LogP contribution in [0.25, 0.3) is 21.9 Å². The third-order valence-corrected chi connectivity index (χ3v) is 5.70. The van der Waals surface area contributed by atoms with E-state index in [1.807, 2.05) is 0 Å². The highest BCUT2D eigenvalue weighted by molar-refractivity contribution is 5.93. The number of benzene rings is 2. The van der Waals surface area contributed by atoms with E-state index in [2.05, 4.69) is 10.6 Å². The highest BCUT2D eigenvalue weighted by Gasteiger charge is 2.39. The van der Waals surface area contributed by atoms with E-state index in [0.717, 1.165) is 45.4 Å². The monoisotopic (exact) mass is 771 g/mol. The van der Waals surface area contributed by atoms with Crippen LogP contribution in [0.3, 0.4) is 0 Å². The van der Waals surface area contributed by atoms with Crippen molar-refractivity contribution in [2.45, 2.75) is 43.9 Å². The number of fused-ring (bicyclic) bond motifs is 2. The lowest BCUT2D eigenvalue weighted by atomic mass is 10.1. The number of rotatable bonds is 13. The van der Waals surface area contributed by atoms with Crippen LogP contribution >= 0.6 is 0 Å². The van der Waals surface area contributed by atoms with E-state index in [9.17, 15) is 54.5 Å². The molecule has 294 valence electrons. The molecule has 0 amide bonds. The van der Waals surface area contributed by atoms with Crippen LogP contribution in [0.5, 0.6) is 11.5 Å². The number of halogens is 9. The van der Waals surface area contributed by atoms with Crippen molar-refractivity contribution in [2.24, 2.45) is 5.73 Å². The number of phenols is 1. The van der Waals surface area contributed by atoms with Gasteiger partial charge in [0.25, 0.3) is 0 Å². The summed E-state index contributed by atoms with van der Waals surface area (Å²) in [5.74, 6) is -8.16. The summed E-state index contributed by atoms with van der Waals surface area (Å²) in [7, 11) is 0. The molecule has 3 rings (SSSR count). The van der Waals surface area contributed by atoms with Crippen molar-refractivity contribution in [2.75, 3.05) is 39.3 Å². The van der Waals surface area contributed by atoms with Gasteiger partial charge in [0.15, 0.2) is 0 Å². The lowest BCUT2D eigenvalue weighted by Crippen LogP contribution is -2.33. The minimum Gasteiger partial charge on any atom is -0.507 e. The third kappa shape index (κ3) is 18.9. The molecule has 2 aromatic carbocycles. The molecule has 0 fully saturated rings. The minimum atomic E-state index is -5.08. The fourth-order valence-corrected chi connectivity index (χ4v) is 3.34. The van der Waals surface area contributed by atoms with Crippen LogP contribution in [0.15, 0.2) is 45.6 Å². The number of aromatic hydroxyl groups is 1. The lowest BCUT2D eigenvalue weighted by Gasteiger charge is -2.14. The van der Waals surface area contributed by atoms with Crippen LogP contribution in [-0.2, 0) is 14.4 Å². The summed E-state index contributed by atoms with van der Waals surface area (Å²) in [5.41, 5.74) is 5.84. The standard InChI is InChI=1S/C23H31N3O5.3C2HF3O2/c24-8-3-4-9-25-10-5-11-26-14-16(27)15-30-17-12-19(28)22-21(13-17)31-20-7-2-1-6-18(20)23(22)29;3*3-2(4,5)1(6)7/h1-2,6-7,12-13,16,25-28H,3-5,8-11,14-15,24H2;3*(H,6,7). The predicted molar refractivity (Wildman–Crippen MR) is 163 cm³/mol. The Bertz CT molecular complexity index is 1570. The van der Waals surface area contributed by atoms with Gasteiger partial charge in [-0.1, -0.05) is 12.1 Å². The number of nitrogens with one attached hydrogen (secondary N) is 2. The van der Waals surface area contributed by atoms with E-state index in [-0.39, 0.29) is 28.8 Å². The van der Waals surface area contributed by atoms with E-state index in [4.69, 9.17) is 44.6 Å². The smallest absolute Gasteiger partial charge is 0.490 e. The number of aliphatic carboxylic acids is 3. The highest BCUT2D eigenvalue weighted by Crippen LogP contribution is 2.30. The van der Waals surface area contributed by atoms with E-state index < -0.39 is 42.5 Å². The van der Waals surface area contributed by atoms with Gasteiger partial charge in [0.1, 0.15) is 40.8 Å². The molecule has 1 atom stereocenters. The van der Waals surface area contributed by atoms with Crippen molar-refractivity contribution >= 4 is 39.8 Å². The quantitative estimate of drug-likeness (QED) is 0.0704. The fourth-order valence-electron chi connectivity index (χ4n) is 3.34. The summed E-state index contributed by atoms with van der Waals surface area (Å²) >= 11 is 0. The number of hydrogen-bond donors (Lipinski definition) is 8. The number of unbranched alkanes of at least 4 members (excludes halogenated alkanes) is 1. The fraction of sp³-hybridized carbons (Fsp3) is 0.448. The second-order valence-electron chi connectivity index (χ2n) is 9.92. The van der Waals surface area contributed by atoms with Gasteiger partial charge in [-0.2, -0.15) is 39.5 Å². The molecule has 0 aliphatic carbocycles. The number of phenolic OH excluding ortho intramolecular Hbond substituents is 1. The van der Waals surface area contributed by atoms with Gasteiger partial charge in [0.05, 0.1) is 5.39 Å². The number of aliphatic hydroxyl groups excluding tert-OH is 1. The molecule has 0 saturated heterocycles. The van der Waals surface area contributed by atoms with Gasteiger partial charge in [-0.05, 0) is 57.6 Å². The summed E-state index contributed by atoms with van der Waals surface area (Å²) in [6.07, 6.45) is -12.9. The summed E-state index contributed by atoms with van der Waals surface area (Å²) in [4.78, 5) is 39.3. The minimum absolute atomic E-state index is 0.0487. The molecule has 0 radical (unpaired) electrons. The normalized spacial score (nSPS) is 12.0. The zero-order chi connectivity index (χ0) is 40.3. The van der Waals surface area contributed by atoms with Gasteiger partial charge in [0.2, 0.25) is 5.43 Å². The molecule has 14 nitrogen and oxygen atoms in total. The summed E-state index contributed by atoms with van der Waals surface area (Å²) in [6.45, 7) is 3.85. The second-order valence-corrected chi connectivity index (χ2v) is 9.92. The summed E-state index contributed by atoms with van der Waals surface area (Å²) < 4.78 is 107. The van der Waals surface area contributed by atoms with Gasteiger partial charge in [0, 0.05) is 18.7 Å². The topological polar surface area (TPSA) is 242 Å². The van der Waals surface area contributed by atoms with Crippen LogP contribution in [0.4, 0.5) is 39.5 Å². The number of nitrogens with two attached hydrogens (primary N) is 1. The van der Waals surface area contributed by atoms with Gasteiger partial charge < -0.3 is 51.1 Å². The van der Waals surface area contributed by atoms with Crippen LogP contribution in [0.1, 0.15) is 19.3 Å². The molecule has 1 unspecified atom stereocenters. The molecule has 0 spiro atoms. The first-order valence-electron chi connectivity index (χ1n) is 14.4. The largest absolute Gasteiger partial charge is 0.507 e. The van der Waals surface area contributed by atoms with Crippen molar-refractivity contribution in [3.63, 3.8) is 0 Å². The zero-order valence-electron chi connectivity index (χ0n) is 26.6. The lowest BCUT2D eigenvalue weighted by molar-refractivity contribution is -0.193. The van der Waals surface area contributed by atoms with Gasteiger partial charge in [-0.25, -0.2) is 14.4 Å². The van der Waals surface area contributed by atoms with Crippen molar-refractivity contribution in [1.82, 2.24) is 10.6 Å². The Hall–Kier alpha value is -4.87. The van der Waals surface area contributed by atoms with Crippen LogP contribution in [0, 0.1) is 0 Å². The Balaban J connectivity index is 0.00000101. The average Bonchev–Trinajstić information content (AvgIpc) is 3.02. The highest BCUT2D eigenvalue weighted by atomic mass is 19.4. The molecular weight excluding hydrogens is 737 g/mol. The number of carbonyl (C=O) groups is 3. The molecular formula is C29H34F9N3O11. The summed E-state index contributed by atoms with van der Waals surface area (Å²) in [6, 6.07) is 9.80. The average molecular weight is 772 g/mol. The van der Waals surface area contributed by atoms with E-state index in [1.54, 1.807) is 30.3 Å². The van der Waals surface area contributed by atoms with Crippen LogP contribution in [-0.4, -0.2) is 107 Å². The molecule has 0 aliphatic heterocycles. The first-order valence-corrected chi connectivity index (χ1v) is 14.4. The second kappa shape index (κ2) is 22.1. The molecule has 1 aromatic heterocycles. The number of alkyl halides is 9. The number of aliphatic hydroxyl groups is 1. The Labute approximate surface area is 286 Å². The van der Waals surface area contributed by atoms with Crippen LogP contribution in [0.2, 0.25) is 0 Å². The molecule has 52 heavy (non-hydrogen) atoms. The van der Waals surface area contributed by atoms with Gasteiger partial charge >= 0.3 is 36.4 Å². The van der Waals surface area contributed by atoms with Crippen molar-refractivity contribution < 1.29 is 88.6 Å². The molecule has 0 aliphatic rings. The number of carboxylic acids is 3. The first kappa shape index (κ1) is 47.1. The predicted octanol–water partition coefficient (Wildman–Crippen LogP) is 3.60. The van der Waals surface area contributed by atoms with E-state index in [1.165, 1.54) is 6.07 Å². The Morgan fingerprint density at radius 2 is 1.25 bits per heavy atom. The van der Waals surface area contributed by atoms with Crippen molar-refractivity contribution in [3.8, 4) is 11.5 Å². The molecule has 1 heterocycles. The van der Waals surface area contributed by atoms with Crippen molar-refractivity contribution in [3.05, 3.63) is 46.6 Å². The van der Waals surface area contributed by atoms with E-state index in [0.29, 0.717) is 23.3 Å². The maximum absolute atomic E-state index is 12.6. The molecule has 23 heteroatoms. The molecule has 3 aromatic rings. The third-order valence-electron chi connectivity index (χ3n) is 5.70. The zero-order valence-corrected chi connectivity index (χ0v) is 26.6. The Morgan fingerprint density at radius 1 is 0.769 bits per heavy atom.